The molecule has 2 heterocycles. The van der Waals surface area contributed by atoms with E-state index in [9.17, 15) is 8.42 Å². The minimum absolute atomic E-state index is 0.168. The van der Waals surface area contributed by atoms with Crippen molar-refractivity contribution < 1.29 is 8.42 Å². The molecule has 3 rings (SSSR count). The molecule has 0 bridgehead atoms. The van der Waals surface area contributed by atoms with Gasteiger partial charge in [0, 0.05) is 12.7 Å². The van der Waals surface area contributed by atoms with Gasteiger partial charge in [0.25, 0.3) is 10.0 Å². The number of fused-ring (bicyclic) bond motifs is 1. The van der Waals surface area contributed by atoms with Crippen LogP contribution >= 0.6 is 11.6 Å². The van der Waals surface area contributed by atoms with Gasteiger partial charge in [-0.15, -0.1) is 0 Å². The Morgan fingerprint density at radius 1 is 1.24 bits per heavy atom. The standard InChI is InChI=1S/C15H15ClN2O2S/c1-11-4-5-12-3-2-8-18(14(12)9-11)21(19,20)13-6-7-15(16)17-10-13/h4-7,9-10H,2-3,8H2,1H3. The maximum absolute atomic E-state index is 12.8. The number of aromatic nitrogens is 1. The third kappa shape index (κ3) is 2.63. The number of sulfonamides is 1. The van der Waals surface area contributed by atoms with Crippen LogP contribution in [-0.4, -0.2) is 19.9 Å². The van der Waals surface area contributed by atoms with Crippen molar-refractivity contribution in [3.63, 3.8) is 0 Å². The van der Waals surface area contributed by atoms with Crippen molar-refractivity contribution in [1.82, 2.24) is 4.98 Å². The molecule has 1 aliphatic heterocycles. The number of hydrogen-bond acceptors (Lipinski definition) is 3. The average Bonchev–Trinajstić information content (AvgIpc) is 2.47. The van der Waals surface area contributed by atoms with Crippen LogP contribution in [0.1, 0.15) is 17.5 Å². The molecule has 0 atom stereocenters. The average molecular weight is 323 g/mol. The Kier molecular flexibility index (Phi) is 3.63. The Hall–Kier alpha value is -1.59. The number of nitrogens with zero attached hydrogens (tertiary/aromatic N) is 2. The van der Waals surface area contributed by atoms with Crippen molar-refractivity contribution in [2.45, 2.75) is 24.7 Å². The van der Waals surface area contributed by atoms with E-state index in [-0.39, 0.29) is 10.0 Å². The highest BCUT2D eigenvalue weighted by molar-refractivity contribution is 7.92. The largest absolute Gasteiger partial charge is 0.266 e. The van der Waals surface area contributed by atoms with Gasteiger partial charge in [0.05, 0.1) is 5.69 Å². The van der Waals surface area contributed by atoms with Crippen molar-refractivity contribution >= 4 is 27.3 Å². The van der Waals surface area contributed by atoms with Crippen LogP contribution in [0.5, 0.6) is 0 Å². The maximum atomic E-state index is 12.8. The summed E-state index contributed by atoms with van der Waals surface area (Å²) in [6, 6.07) is 8.94. The predicted octanol–water partition coefficient (Wildman–Crippen LogP) is 3.18. The first-order valence-corrected chi connectivity index (χ1v) is 8.54. The molecule has 1 aromatic heterocycles. The van der Waals surface area contributed by atoms with Crippen LogP contribution in [0.25, 0.3) is 0 Å². The second-order valence-electron chi connectivity index (χ2n) is 5.13. The first kappa shape index (κ1) is 14.4. The highest BCUT2D eigenvalue weighted by atomic mass is 35.5. The summed E-state index contributed by atoms with van der Waals surface area (Å²) < 4.78 is 27.1. The van der Waals surface area contributed by atoms with Gasteiger partial charge in [-0.05, 0) is 49.1 Å². The molecule has 6 heteroatoms. The highest BCUT2D eigenvalue weighted by Gasteiger charge is 2.29. The van der Waals surface area contributed by atoms with E-state index in [4.69, 9.17) is 11.6 Å². The number of hydrogen-bond donors (Lipinski definition) is 0. The zero-order valence-electron chi connectivity index (χ0n) is 11.6. The molecule has 21 heavy (non-hydrogen) atoms. The number of anilines is 1. The Labute approximate surface area is 129 Å². The van der Waals surface area contributed by atoms with Crippen molar-refractivity contribution in [3.8, 4) is 0 Å². The molecular weight excluding hydrogens is 308 g/mol. The van der Waals surface area contributed by atoms with E-state index >= 15 is 0 Å². The first-order chi connectivity index (χ1) is 9.98. The summed E-state index contributed by atoms with van der Waals surface area (Å²) in [5, 5.41) is 0.281. The molecule has 1 aromatic carbocycles. The summed E-state index contributed by atoms with van der Waals surface area (Å²) >= 11 is 5.73. The molecule has 0 radical (unpaired) electrons. The van der Waals surface area contributed by atoms with E-state index in [2.05, 4.69) is 4.98 Å². The summed E-state index contributed by atoms with van der Waals surface area (Å²) in [6.45, 7) is 2.45. The first-order valence-electron chi connectivity index (χ1n) is 6.72. The fourth-order valence-electron chi connectivity index (χ4n) is 2.54. The predicted molar refractivity (Wildman–Crippen MR) is 83.3 cm³/mol. The molecule has 1 aliphatic rings. The number of pyridine rings is 1. The maximum Gasteiger partial charge on any atom is 0.265 e. The van der Waals surface area contributed by atoms with Crippen LogP contribution in [0.4, 0.5) is 5.69 Å². The van der Waals surface area contributed by atoms with Gasteiger partial charge < -0.3 is 0 Å². The normalized spacial score (nSPS) is 14.9. The molecule has 0 saturated heterocycles. The lowest BCUT2D eigenvalue weighted by atomic mass is 10.0. The lowest BCUT2D eigenvalue weighted by Crippen LogP contribution is -2.35. The zero-order valence-corrected chi connectivity index (χ0v) is 13.2. The number of benzene rings is 1. The minimum atomic E-state index is -3.60. The lowest BCUT2D eigenvalue weighted by Gasteiger charge is -2.30. The molecule has 4 nitrogen and oxygen atoms in total. The Morgan fingerprint density at radius 2 is 2.05 bits per heavy atom. The Balaban J connectivity index is 2.09. The van der Waals surface area contributed by atoms with Crippen LogP contribution in [0.15, 0.2) is 41.4 Å². The van der Waals surface area contributed by atoms with Gasteiger partial charge in [0.2, 0.25) is 0 Å². The van der Waals surface area contributed by atoms with Crippen molar-refractivity contribution in [1.29, 1.82) is 0 Å². The Morgan fingerprint density at radius 3 is 2.76 bits per heavy atom. The van der Waals surface area contributed by atoms with E-state index in [1.165, 1.54) is 22.6 Å². The van der Waals surface area contributed by atoms with Crippen LogP contribution in [0.2, 0.25) is 5.15 Å². The number of aryl methyl sites for hydroxylation is 2. The van der Waals surface area contributed by atoms with Gasteiger partial charge in [0.15, 0.2) is 0 Å². The quantitative estimate of drug-likeness (QED) is 0.798. The third-order valence-electron chi connectivity index (χ3n) is 3.61. The summed E-state index contributed by atoms with van der Waals surface area (Å²) in [5.74, 6) is 0. The summed E-state index contributed by atoms with van der Waals surface area (Å²) in [7, 11) is -3.60. The van der Waals surface area contributed by atoms with Crippen molar-refractivity contribution in [3.05, 3.63) is 52.8 Å². The zero-order chi connectivity index (χ0) is 15.0. The van der Waals surface area contributed by atoms with Gasteiger partial charge in [-0.2, -0.15) is 0 Å². The van der Waals surface area contributed by atoms with Crippen LogP contribution in [-0.2, 0) is 16.4 Å². The molecule has 0 amide bonds. The molecule has 0 saturated carbocycles. The summed E-state index contributed by atoms with van der Waals surface area (Å²) in [4.78, 5) is 4.04. The fraction of sp³-hybridized carbons (Fsp3) is 0.267. The van der Waals surface area contributed by atoms with E-state index < -0.39 is 10.0 Å². The molecule has 0 N–H and O–H groups in total. The second-order valence-corrected chi connectivity index (χ2v) is 7.38. The second kappa shape index (κ2) is 5.31. The van der Waals surface area contributed by atoms with Gasteiger partial charge >= 0.3 is 0 Å². The van der Waals surface area contributed by atoms with E-state index in [1.54, 1.807) is 0 Å². The molecule has 0 aliphatic carbocycles. The summed E-state index contributed by atoms with van der Waals surface area (Å²) in [6.07, 6.45) is 3.03. The van der Waals surface area contributed by atoms with E-state index in [0.29, 0.717) is 6.54 Å². The van der Waals surface area contributed by atoms with Crippen molar-refractivity contribution in [2.75, 3.05) is 10.8 Å². The van der Waals surface area contributed by atoms with Crippen LogP contribution < -0.4 is 4.31 Å². The number of halogens is 1. The topological polar surface area (TPSA) is 50.3 Å². The van der Waals surface area contributed by atoms with E-state index in [0.717, 1.165) is 29.7 Å². The summed E-state index contributed by atoms with van der Waals surface area (Å²) in [5.41, 5.74) is 2.89. The lowest BCUT2D eigenvalue weighted by molar-refractivity contribution is 0.586. The fourth-order valence-corrected chi connectivity index (χ4v) is 4.13. The van der Waals surface area contributed by atoms with Crippen LogP contribution in [0, 0.1) is 6.92 Å². The smallest absolute Gasteiger partial charge is 0.265 e. The van der Waals surface area contributed by atoms with Gasteiger partial charge in [-0.1, -0.05) is 23.7 Å². The van der Waals surface area contributed by atoms with Gasteiger partial charge in [-0.25, -0.2) is 13.4 Å². The highest BCUT2D eigenvalue weighted by Crippen LogP contribution is 2.32. The monoisotopic (exact) mass is 322 g/mol. The van der Waals surface area contributed by atoms with Gasteiger partial charge in [-0.3, -0.25) is 4.31 Å². The molecule has 2 aromatic rings. The van der Waals surface area contributed by atoms with Crippen LogP contribution in [0.3, 0.4) is 0 Å². The molecular formula is C15H15ClN2O2S. The third-order valence-corrected chi connectivity index (χ3v) is 5.63. The molecule has 0 fully saturated rings. The minimum Gasteiger partial charge on any atom is -0.266 e. The number of rotatable bonds is 2. The molecule has 110 valence electrons. The van der Waals surface area contributed by atoms with Gasteiger partial charge in [0.1, 0.15) is 10.0 Å². The van der Waals surface area contributed by atoms with Crippen molar-refractivity contribution in [2.24, 2.45) is 0 Å². The molecule has 0 spiro atoms. The Bertz CT molecular complexity index is 773. The molecule has 0 unspecified atom stereocenters. The SMILES string of the molecule is Cc1ccc2c(c1)N(S(=O)(=O)c1ccc(Cl)nc1)CCC2. The van der Waals surface area contributed by atoms with E-state index in [1.807, 2.05) is 25.1 Å².